The molecule has 2 aromatic heterocycles. The molecule has 5 rings (SSSR count). The number of aromatic nitrogens is 3. The number of sulfonamides is 1. The van der Waals surface area contributed by atoms with Gasteiger partial charge >= 0.3 is 0 Å². The van der Waals surface area contributed by atoms with Crippen LogP contribution in [0.15, 0.2) is 59.5 Å². The number of para-hydroxylation sites is 1. The number of hydrogen-bond donors (Lipinski definition) is 1. The van der Waals surface area contributed by atoms with E-state index in [4.69, 9.17) is 9.72 Å². The second-order valence-corrected chi connectivity index (χ2v) is 11.6. The van der Waals surface area contributed by atoms with E-state index >= 15 is 0 Å². The van der Waals surface area contributed by atoms with E-state index in [0.717, 1.165) is 15.9 Å². The molecule has 36 heavy (non-hydrogen) atoms. The summed E-state index contributed by atoms with van der Waals surface area (Å²) < 4.78 is 35.8. The molecule has 0 radical (unpaired) electrons. The van der Waals surface area contributed by atoms with E-state index in [1.54, 1.807) is 41.1 Å². The van der Waals surface area contributed by atoms with Crippen molar-refractivity contribution in [3.05, 3.63) is 60.3 Å². The van der Waals surface area contributed by atoms with Crippen LogP contribution in [-0.2, 0) is 14.8 Å². The summed E-state index contributed by atoms with van der Waals surface area (Å²) in [5, 5.41) is 8.13. The lowest BCUT2D eigenvalue weighted by atomic mass is 9.99. The van der Waals surface area contributed by atoms with Gasteiger partial charge in [0.15, 0.2) is 0 Å². The summed E-state index contributed by atoms with van der Waals surface area (Å²) in [7, 11) is -3.66. The van der Waals surface area contributed by atoms with Gasteiger partial charge in [-0.2, -0.15) is 14.1 Å². The van der Waals surface area contributed by atoms with Crippen molar-refractivity contribution in [3.8, 4) is 10.9 Å². The van der Waals surface area contributed by atoms with E-state index in [1.165, 1.54) is 15.6 Å². The van der Waals surface area contributed by atoms with Crippen molar-refractivity contribution >= 4 is 43.3 Å². The van der Waals surface area contributed by atoms with Crippen LogP contribution in [-0.4, -0.2) is 53.1 Å². The van der Waals surface area contributed by atoms with Crippen LogP contribution in [0.5, 0.6) is 5.75 Å². The molecule has 11 heteroatoms. The van der Waals surface area contributed by atoms with E-state index < -0.39 is 15.9 Å². The molecule has 0 aliphatic carbocycles. The minimum atomic E-state index is -3.66. The fourth-order valence-corrected chi connectivity index (χ4v) is 6.85. The summed E-state index contributed by atoms with van der Waals surface area (Å²) in [4.78, 5) is 18.2. The van der Waals surface area contributed by atoms with Crippen molar-refractivity contribution < 1.29 is 17.9 Å². The lowest BCUT2D eigenvalue weighted by Gasteiger charge is -2.31. The summed E-state index contributed by atoms with van der Waals surface area (Å²) in [6.07, 6.45) is 1.22. The molecular formula is C25H27N5O4S2. The number of anilines is 1. The van der Waals surface area contributed by atoms with E-state index in [2.05, 4.69) is 10.4 Å². The fourth-order valence-electron chi connectivity index (χ4n) is 4.35. The topological polar surface area (TPSA) is 106 Å². The molecule has 9 nitrogen and oxygen atoms in total. The van der Waals surface area contributed by atoms with Gasteiger partial charge in [-0.05, 0) is 51.0 Å². The average Bonchev–Trinajstić information content (AvgIpc) is 3.48. The highest BCUT2D eigenvalue weighted by atomic mass is 32.2. The number of rotatable bonds is 7. The molecule has 1 aliphatic rings. The molecule has 4 aromatic rings. The molecule has 1 fully saturated rings. The number of benzene rings is 2. The Kier molecular flexibility index (Phi) is 6.78. The highest BCUT2D eigenvalue weighted by molar-refractivity contribution is 7.89. The van der Waals surface area contributed by atoms with E-state index in [-0.39, 0.29) is 17.3 Å². The highest BCUT2D eigenvalue weighted by Crippen LogP contribution is 2.33. The number of piperidine rings is 1. The van der Waals surface area contributed by atoms with Crippen molar-refractivity contribution in [3.63, 3.8) is 0 Å². The highest BCUT2D eigenvalue weighted by Gasteiger charge is 2.33. The predicted molar refractivity (Wildman–Crippen MR) is 139 cm³/mol. The van der Waals surface area contributed by atoms with Gasteiger partial charge in [-0.1, -0.05) is 35.6 Å². The molecular weight excluding hydrogens is 498 g/mol. The van der Waals surface area contributed by atoms with Crippen LogP contribution in [0.25, 0.3) is 15.3 Å². The van der Waals surface area contributed by atoms with E-state index in [0.29, 0.717) is 42.7 Å². The smallest absolute Gasteiger partial charge is 0.243 e. The first-order valence-corrected chi connectivity index (χ1v) is 14.1. The normalized spacial score (nSPS) is 16.8. The minimum absolute atomic E-state index is 0.134. The molecule has 1 N–H and O–H groups in total. The van der Waals surface area contributed by atoms with Crippen molar-refractivity contribution in [1.29, 1.82) is 0 Å². The Morgan fingerprint density at radius 1 is 1.19 bits per heavy atom. The van der Waals surface area contributed by atoms with Crippen molar-refractivity contribution in [2.24, 2.45) is 5.92 Å². The predicted octanol–water partition coefficient (Wildman–Crippen LogP) is 4.23. The monoisotopic (exact) mass is 525 g/mol. The second-order valence-electron chi connectivity index (χ2n) is 8.62. The average molecular weight is 526 g/mol. The number of ether oxygens (including phenoxy) is 1. The Hall–Kier alpha value is -3.28. The van der Waals surface area contributed by atoms with Crippen LogP contribution in [0.2, 0.25) is 0 Å². The van der Waals surface area contributed by atoms with Gasteiger partial charge in [0, 0.05) is 19.2 Å². The molecule has 0 saturated carbocycles. The number of nitrogens with zero attached hydrogens (tertiary/aromatic N) is 4. The number of carbonyl (C=O) groups excluding carboxylic acids is 1. The van der Waals surface area contributed by atoms with Crippen molar-refractivity contribution in [1.82, 2.24) is 19.1 Å². The first kappa shape index (κ1) is 24.4. The zero-order valence-corrected chi connectivity index (χ0v) is 21.7. The standard InChI is InChI=1S/C25H27N5O4S2/c1-3-34-20-12-7-13-21-23(20)27-25(35-21)30-22(15-17(2)28-30)26-24(31)18-9-8-14-29(16-18)36(32,33)19-10-5-4-6-11-19/h4-7,10-13,15,18H,3,8-9,14,16H2,1-2H3,(H,26,31). The third kappa shape index (κ3) is 4.73. The molecule has 1 saturated heterocycles. The second kappa shape index (κ2) is 10.00. The van der Waals surface area contributed by atoms with Crippen LogP contribution >= 0.6 is 11.3 Å². The maximum atomic E-state index is 13.3. The lowest BCUT2D eigenvalue weighted by Crippen LogP contribution is -2.43. The summed E-state index contributed by atoms with van der Waals surface area (Å²) >= 11 is 1.45. The first-order valence-electron chi connectivity index (χ1n) is 11.8. The third-order valence-electron chi connectivity index (χ3n) is 6.07. The SMILES string of the molecule is CCOc1cccc2sc(-n3nc(C)cc3NC(=O)C3CCCN(S(=O)(=O)c4ccccc4)C3)nc12. The molecule has 0 spiro atoms. The Balaban J connectivity index is 1.37. The summed E-state index contributed by atoms with van der Waals surface area (Å²) in [5.74, 6) is 0.493. The minimum Gasteiger partial charge on any atom is -0.492 e. The molecule has 0 bridgehead atoms. The molecule has 1 unspecified atom stereocenters. The van der Waals surface area contributed by atoms with Gasteiger partial charge in [-0.15, -0.1) is 0 Å². The lowest BCUT2D eigenvalue weighted by molar-refractivity contribution is -0.120. The van der Waals surface area contributed by atoms with Gasteiger partial charge in [-0.3, -0.25) is 4.79 Å². The van der Waals surface area contributed by atoms with Gasteiger partial charge in [-0.25, -0.2) is 13.4 Å². The van der Waals surface area contributed by atoms with Crippen LogP contribution in [0.1, 0.15) is 25.5 Å². The number of thiazole rings is 1. The number of aryl methyl sites for hydroxylation is 1. The Morgan fingerprint density at radius 3 is 2.78 bits per heavy atom. The largest absolute Gasteiger partial charge is 0.492 e. The maximum absolute atomic E-state index is 13.3. The number of hydrogen-bond acceptors (Lipinski definition) is 7. The summed E-state index contributed by atoms with van der Waals surface area (Å²) in [6.45, 7) is 4.83. The van der Waals surface area contributed by atoms with Crippen LogP contribution in [0, 0.1) is 12.8 Å². The molecule has 1 atom stereocenters. The Labute approximate surface area is 213 Å². The fraction of sp³-hybridized carbons (Fsp3) is 0.320. The van der Waals surface area contributed by atoms with Crippen LogP contribution in [0.4, 0.5) is 5.82 Å². The molecule has 2 aromatic carbocycles. The van der Waals surface area contributed by atoms with Crippen LogP contribution in [0.3, 0.4) is 0 Å². The molecule has 1 aliphatic heterocycles. The Morgan fingerprint density at radius 2 is 2.00 bits per heavy atom. The number of nitrogens with one attached hydrogen (secondary N) is 1. The zero-order chi connectivity index (χ0) is 25.3. The van der Waals surface area contributed by atoms with Gasteiger partial charge in [0.2, 0.25) is 21.1 Å². The quantitative estimate of drug-likeness (QED) is 0.387. The Bertz CT molecular complexity index is 1500. The van der Waals surface area contributed by atoms with Crippen molar-refractivity contribution in [2.75, 3.05) is 25.0 Å². The van der Waals surface area contributed by atoms with E-state index in [9.17, 15) is 13.2 Å². The molecule has 188 valence electrons. The maximum Gasteiger partial charge on any atom is 0.243 e. The summed E-state index contributed by atoms with van der Waals surface area (Å²) in [6, 6.07) is 15.9. The van der Waals surface area contributed by atoms with Crippen LogP contribution < -0.4 is 10.1 Å². The van der Waals surface area contributed by atoms with Gasteiger partial charge < -0.3 is 10.1 Å². The number of amides is 1. The van der Waals surface area contributed by atoms with E-state index in [1.807, 2.05) is 32.0 Å². The third-order valence-corrected chi connectivity index (χ3v) is 8.95. The zero-order valence-electron chi connectivity index (χ0n) is 20.0. The molecule has 3 heterocycles. The van der Waals surface area contributed by atoms with Gasteiger partial charge in [0.05, 0.1) is 27.8 Å². The number of carbonyl (C=O) groups is 1. The first-order chi connectivity index (χ1) is 17.4. The molecule has 1 amide bonds. The van der Waals surface area contributed by atoms with Gasteiger partial charge in [0.1, 0.15) is 17.1 Å². The summed E-state index contributed by atoms with van der Waals surface area (Å²) in [5.41, 5.74) is 1.48. The number of fused-ring (bicyclic) bond motifs is 1. The van der Waals surface area contributed by atoms with Gasteiger partial charge in [0.25, 0.3) is 0 Å². The van der Waals surface area contributed by atoms with Crippen molar-refractivity contribution in [2.45, 2.75) is 31.6 Å².